The molecule has 1 atom stereocenters. The number of aromatic nitrogens is 1. The molecule has 114 valence electrons. The van der Waals surface area contributed by atoms with Gasteiger partial charge in [-0.25, -0.2) is 0 Å². The van der Waals surface area contributed by atoms with Gasteiger partial charge in [0.1, 0.15) is 0 Å². The Morgan fingerprint density at radius 1 is 1.14 bits per heavy atom. The minimum atomic E-state index is 0.382. The molecule has 1 heterocycles. The Labute approximate surface area is 132 Å². The SMILES string of the molecule is CCCNC(CSCC(C)C)c1cccc2cccnc12. The molecule has 0 amide bonds. The number of nitrogens with zero attached hydrogens (tertiary/aromatic N) is 1. The van der Waals surface area contributed by atoms with Crippen molar-refractivity contribution in [3.05, 3.63) is 42.1 Å². The number of para-hydroxylation sites is 1. The fraction of sp³-hybridized carbons (Fsp3) is 0.500. The van der Waals surface area contributed by atoms with E-state index in [9.17, 15) is 0 Å². The molecule has 1 unspecified atom stereocenters. The molecule has 0 saturated carbocycles. The molecule has 1 N–H and O–H groups in total. The second-order valence-electron chi connectivity index (χ2n) is 5.86. The van der Waals surface area contributed by atoms with E-state index in [0.29, 0.717) is 6.04 Å². The maximum absolute atomic E-state index is 4.60. The molecule has 3 heteroatoms. The van der Waals surface area contributed by atoms with Gasteiger partial charge >= 0.3 is 0 Å². The Kier molecular flexibility index (Phi) is 6.52. The lowest BCUT2D eigenvalue weighted by atomic mass is 10.0. The van der Waals surface area contributed by atoms with Gasteiger partial charge in [-0.15, -0.1) is 0 Å². The van der Waals surface area contributed by atoms with Gasteiger partial charge in [0.2, 0.25) is 0 Å². The predicted molar refractivity (Wildman–Crippen MR) is 94.9 cm³/mol. The van der Waals surface area contributed by atoms with Gasteiger partial charge in [0.05, 0.1) is 5.52 Å². The predicted octanol–water partition coefficient (Wildman–Crippen LogP) is 4.66. The number of benzene rings is 1. The summed E-state index contributed by atoms with van der Waals surface area (Å²) < 4.78 is 0. The largest absolute Gasteiger partial charge is 0.309 e. The molecule has 1 aromatic carbocycles. The summed E-state index contributed by atoms with van der Waals surface area (Å²) in [5.74, 6) is 3.06. The quantitative estimate of drug-likeness (QED) is 0.767. The lowest BCUT2D eigenvalue weighted by molar-refractivity contribution is 0.579. The van der Waals surface area contributed by atoms with Crippen LogP contribution in [0.25, 0.3) is 10.9 Å². The van der Waals surface area contributed by atoms with Crippen LogP contribution < -0.4 is 5.32 Å². The zero-order valence-corrected chi connectivity index (χ0v) is 14.1. The summed E-state index contributed by atoms with van der Waals surface area (Å²) in [7, 11) is 0. The Morgan fingerprint density at radius 3 is 2.71 bits per heavy atom. The molecule has 0 bridgehead atoms. The minimum absolute atomic E-state index is 0.382. The molecule has 21 heavy (non-hydrogen) atoms. The number of thioether (sulfide) groups is 1. The van der Waals surface area contributed by atoms with Gasteiger partial charge in [-0.3, -0.25) is 4.98 Å². The second kappa shape index (κ2) is 8.40. The zero-order chi connectivity index (χ0) is 15.1. The molecule has 0 fully saturated rings. The van der Waals surface area contributed by atoms with E-state index in [1.165, 1.54) is 16.7 Å². The Hall–Kier alpha value is -1.06. The molecule has 0 radical (unpaired) electrons. The molecular formula is C18H26N2S. The van der Waals surface area contributed by atoms with Crippen LogP contribution in [0.1, 0.15) is 38.8 Å². The van der Waals surface area contributed by atoms with Gasteiger partial charge in [0.15, 0.2) is 0 Å². The van der Waals surface area contributed by atoms with Crippen LogP contribution >= 0.6 is 11.8 Å². The Balaban J connectivity index is 2.20. The van der Waals surface area contributed by atoms with Crippen LogP contribution in [-0.4, -0.2) is 23.0 Å². The fourth-order valence-corrected chi connectivity index (χ4v) is 3.55. The molecule has 0 spiro atoms. The number of rotatable bonds is 8. The van der Waals surface area contributed by atoms with Crippen LogP contribution in [0.2, 0.25) is 0 Å². The Morgan fingerprint density at radius 2 is 1.95 bits per heavy atom. The average molecular weight is 302 g/mol. The van der Waals surface area contributed by atoms with E-state index >= 15 is 0 Å². The van der Waals surface area contributed by atoms with Crippen molar-refractivity contribution in [1.82, 2.24) is 10.3 Å². The van der Waals surface area contributed by atoms with Crippen molar-refractivity contribution in [1.29, 1.82) is 0 Å². The van der Waals surface area contributed by atoms with Crippen molar-refractivity contribution >= 4 is 22.7 Å². The van der Waals surface area contributed by atoms with Crippen molar-refractivity contribution in [2.45, 2.75) is 33.2 Å². The first-order valence-corrected chi connectivity index (χ1v) is 9.02. The number of fused-ring (bicyclic) bond motifs is 1. The highest BCUT2D eigenvalue weighted by Crippen LogP contribution is 2.26. The summed E-state index contributed by atoms with van der Waals surface area (Å²) in [5.41, 5.74) is 2.47. The van der Waals surface area contributed by atoms with Gasteiger partial charge in [-0.05, 0) is 36.3 Å². The van der Waals surface area contributed by atoms with Gasteiger partial charge < -0.3 is 5.32 Å². The molecule has 2 aromatic rings. The second-order valence-corrected chi connectivity index (χ2v) is 6.94. The standard InChI is InChI=1S/C18H26N2S/c1-4-10-19-17(13-21-12-14(2)3)16-9-5-7-15-8-6-11-20-18(15)16/h5-9,11,14,17,19H,4,10,12-13H2,1-3H3. The van der Waals surface area contributed by atoms with Gasteiger partial charge in [0, 0.05) is 23.4 Å². The first kappa shape index (κ1) is 16.3. The number of nitrogens with one attached hydrogen (secondary N) is 1. The highest BCUT2D eigenvalue weighted by atomic mass is 32.2. The fourth-order valence-electron chi connectivity index (χ4n) is 2.41. The van der Waals surface area contributed by atoms with Crippen LogP contribution in [-0.2, 0) is 0 Å². The molecule has 0 aliphatic heterocycles. The van der Waals surface area contributed by atoms with Gasteiger partial charge in [-0.1, -0.05) is 45.0 Å². The number of hydrogen-bond donors (Lipinski definition) is 1. The minimum Gasteiger partial charge on any atom is -0.309 e. The number of hydrogen-bond acceptors (Lipinski definition) is 3. The van der Waals surface area contributed by atoms with Crippen LogP contribution in [0.4, 0.5) is 0 Å². The van der Waals surface area contributed by atoms with Crippen molar-refractivity contribution < 1.29 is 0 Å². The average Bonchev–Trinajstić information content (AvgIpc) is 2.50. The van der Waals surface area contributed by atoms with Crippen LogP contribution in [0, 0.1) is 5.92 Å². The third kappa shape index (κ3) is 4.72. The van der Waals surface area contributed by atoms with Crippen molar-refractivity contribution in [3.63, 3.8) is 0 Å². The normalized spacial score (nSPS) is 13.0. The summed E-state index contributed by atoms with van der Waals surface area (Å²) in [6.07, 6.45) is 3.05. The first-order valence-electron chi connectivity index (χ1n) is 7.87. The summed E-state index contributed by atoms with van der Waals surface area (Å²) in [6.45, 7) is 7.82. The Bertz CT molecular complexity index is 548. The molecule has 2 nitrogen and oxygen atoms in total. The molecule has 2 rings (SSSR count). The van der Waals surface area contributed by atoms with E-state index in [2.05, 4.69) is 55.3 Å². The lowest BCUT2D eigenvalue weighted by Gasteiger charge is -2.20. The molecule has 1 aromatic heterocycles. The van der Waals surface area contributed by atoms with E-state index in [0.717, 1.165) is 30.2 Å². The van der Waals surface area contributed by atoms with E-state index in [1.807, 2.05) is 24.0 Å². The van der Waals surface area contributed by atoms with Crippen LogP contribution in [0.5, 0.6) is 0 Å². The lowest BCUT2D eigenvalue weighted by Crippen LogP contribution is -2.24. The van der Waals surface area contributed by atoms with Gasteiger partial charge in [-0.2, -0.15) is 11.8 Å². The topological polar surface area (TPSA) is 24.9 Å². The molecule has 0 aliphatic carbocycles. The third-order valence-corrected chi connectivity index (χ3v) is 4.89. The van der Waals surface area contributed by atoms with Crippen molar-refractivity contribution in [2.24, 2.45) is 5.92 Å². The van der Waals surface area contributed by atoms with E-state index < -0.39 is 0 Å². The van der Waals surface area contributed by atoms with Gasteiger partial charge in [0.25, 0.3) is 0 Å². The summed E-state index contributed by atoms with van der Waals surface area (Å²) in [5, 5.41) is 4.92. The van der Waals surface area contributed by atoms with Crippen molar-refractivity contribution in [3.8, 4) is 0 Å². The maximum Gasteiger partial charge on any atom is 0.0750 e. The van der Waals surface area contributed by atoms with Crippen LogP contribution in [0.15, 0.2) is 36.5 Å². The van der Waals surface area contributed by atoms with E-state index in [1.54, 1.807) is 0 Å². The smallest absolute Gasteiger partial charge is 0.0750 e. The van der Waals surface area contributed by atoms with Crippen molar-refractivity contribution in [2.75, 3.05) is 18.1 Å². The van der Waals surface area contributed by atoms with Crippen LogP contribution in [0.3, 0.4) is 0 Å². The monoisotopic (exact) mass is 302 g/mol. The molecule has 0 saturated heterocycles. The molecular weight excluding hydrogens is 276 g/mol. The summed E-state index contributed by atoms with van der Waals surface area (Å²) >= 11 is 2.03. The van der Waals surface area contributed by atoms with E-state index in [-0.39, 0.29) is 0 Å². The first-order chi connectivity index (χ1) is 10.2. The number of pyridine rings is 1. The van der Waals surface area contributed by atoms with E-state index in [4.69, 9.17) is 0 Å². The maximum atomic E-state index is 4.60. The highest BCUT2D eigenvalue weighted by Gasteiger charge is 2.14. The molecule has 0 aliphatic rings. The third-order valence-electron chi connectivity index (χ3n) is 3.42. The highest BCUT2D eigenvalue weighted by molar-refractivity contribution is 7.99. The zero-order valence-electron chi connectivity index (χ0n) is 13.3. The summed E-state index contributed by atoms with van der Waals surface area (Å²) in [4.78, 5) is 4.60. The summed E-state index contributed by atoms with van der Waals surface area (Å²) in [6, 6.07) is 11.0.